The maximum absolute atomic E-state index is 9.97. The van der Waals surface area contributed by atoms with Crippen molar-refractivity contribution in [3.05, 3.63) is 0 Å². The third-order valence-corrected chi connectivity index (χ3v) is 1.63. The van der Waals surface area contributed by atoms with Gasteiger partial charge in [-0.05, 0) is 12.8 Å². The van der Waals surface area contributed by atoms with Crippen molar-refractivity contribution >= 4 is 11.4 Å². The van der Waals surface area contributed by atoms with E-state index in [9.17, 15) is 4.21 Å². The van der Waals surface area contributed by atoms with Gasteiger partial charge in [-0.2, -0.15) is 4.21 Å². The van der Waals surface area contributed by atoms with Crippen molar-refractivity contribution in [2.24, 2.45) is 0 Å². The van der Waals surface area contributed by atoms with E-state index in [1.807, 2.05) is 6.92 Å². The average molecular weight is 182 g/mol. The van der Waals surface area contributed by atoms with Crippen molar-refractivity contribution in [2.75, 3.05) is 0 Å². The van der Waals surface area contributed by atoms with Crippen LogP contribution in [0.2, 0.25) is 0 Å². The third kappa shape index (κ3) is 7.93. The van der Waals surface area contributed by atoms with Crippen LogP contribution in [0.1, 0.15) is 32.6 Å². The molecule has 11 heavy (non-hydrogen) atoms. The van der Waals surface area contributed by atoms with Crippen LogP contribution in [0.5, 0.6) is 0 Å². The molecule has 0 radical (unpaired) electrons. The molecule has 0 amide bonds. The second kappa shape index (κ2) is 6.72. The Balaban J connectivity index is 3.22. The molecule has 0 aliphatic rings. The van der Waals surface area contributed by atoms with Crippen molar-refractivity contribution in [3.8, 4) is 0 Å². The molecule has 0 saturated carbocycles. The number of aliphatic hydroxyl groups excluding tert-OH is 1. The predicted octanol–water partition coefficient (Wildman–Crippen LogP) is 1.04. The topological polar surface area (TPSA) is 66.8 Å². The van der Waals surface area contributed by atoms with Gasteiger partial charge in [0, 0.05) is 0 Å². The summed E-state index contributed by atoms with van der Waals surface area (Å²) >= 11 is -2.35. The van der Waals surface area contributed by atoms with Crippen molar-refractivity contribution in [3.63, 3.8) is 0 Å². The number of hydrogen-bond acceptors (Lipinski definition) is 3. The fraction of sp³-hybridized carbons (Fsp3) is 1.00. The molecule has 0 rings (SSSR count). The molecule has 2 N–H and O–H groups in total. The first kappa shape index (κ1) is 11.0. The van der Waals surface area contributed by atoms with Gasteiger partial charge in [0.2, 0.25) is 0 Å². The zero-order chi connectivity index (χ0) is 8.69. The number of unbranched alkanes of at least 4 members (excludes halogenated alkanes) is 2. The van der Waals surface area contributed by atoms with Crippen molar-refractivity contribution < 1.29 is 18.1 Å². The molecule has 0 fully saturated rings. The van der Waals surface area contributed by atoms with Crippen LogP contribution in [0.25, 0.3) is 0 Å². The summed E-state index contributed by atoms with van der Waals surface area (Å²) in [5.41, 5.74) is 0. The van der Waals surface area contributed by atoms with Gasteiger partial charge in [0.05, 0.1) is 0 Å². The molecule has 5 heteroatoms. The number of hydrogen-bond donors (Lipinski definition) is 2. The molecule has 4 nitrogen and oxygen atoms in total. The molecule has 0 aliphatic carbocycles. The Morgan fingerprint density at radius 2 is 2.18 bits per heavy atom. The Morgan fingerprint density at radius 3 is 2.64 bits per heavy atom. The van der Waals surface area contributed by atoms with Crippen LogP contribution in [0.15, 0.2) is 0 Å². The first-order valence-electron chi connectivity index (χ1n) is 3.63. The lowest BCUT2D eigenvalue weighted by molar-refractivity contribution is -0.0203. The van der Waals surface area contributed by atoms with E-state index in [-0.39, 0.29) is 0 Å². The number of aliphatic hydroxyl groups is 1. The average Bonchev–Trinajstić information content (AvgIpc) is 1.86. The highest BCUT2D eigenvalue weighted by Crippen LogP contribution is 2.04. The molecule has 0 saturated heterocycles. The van der Waals surface area contributed by atoms with Crippen LogP contribution in [0, 0.1) is 0 Å². The van der Waals surface area contributed by atoms with Gasteiger partial charge in [0.1, 0.15) is 0 Å². The summed E-state index contributed by atoms with van der Waals surface area (Å²) in [6, 6.07) is 0. The fourth-order valence-corrected chi connectivity index (χ4v) is 0.998. The van der Waals surface area contributed by atoms with Crippen molar-refractivity contribution in [1.29, 1.82) is 0 Å². The summed E-state index contributed by atoms with van der Waals surface area (Å²) in [7, 11) is 0. The second-order valence-corrected chi connectivity index (χ2v) is 2.89. The highest BCUT2D eigenvalue weighted by Gasteiger charge is 2.06. The Bertz CT molecular complexity index is 117. The quantitative estimate of drug-likeness (QED) is 0.366. The lowest BCUT2D eigenvalue weighted by Crippen LogP contribution is -2.12. The number of rotatable bonds is 6. The van der Waals surface area contributed by atoms with E-state index in [2.05, 4.69) is 4.18 Å². The summed E-state index contributed by atoms with van der Waals surface area (Å²) in [4.78, 5) is 0. The molecular weight excluding hydrogens is 168 g/mol. The molecule has 2 atom stereocenters. The lowest BCUT2D eigenvalue weighted by atomic mass is 10.2. The lowest BCUT2D eigenvalue weighted by Gasteiger charge is -2.06. The highest BCUT2D eigenvalue weighted by molar-refractivity contribution is 7.74. The zero-order valence-corrected chi connectivity index (χ0v) is 7.34. The smallest absolute Gasteiger partial charge is 0.304 e. The summed E-state index contributed by atoms with van der Waals surface area (Å²) in [6.07, 6.45) is 2.18. The first-order chi connectivity index (χ1) is 5.16. The van der Waals surface area contributed by atoms with E-state index in [0.717, 1.165) is 19.3 Å². The van der Waals surface area contributed by atoms with E-state index in [0.29, 0.717) is 6.42 Å². The predicted molar refractivity (Wildman–Crippen MR) is 42.0 cm³/mol. The third-order valence-electron chi connectivity index (χ3n) is 1.25. The van der Waals surface area contributed by atoms with Gasteiger partial charge in [-0.25, -0.2) is 4.18 Å². The van der Waals surface area contributed by atoms with Crippen LogP contribution in [0.4, 0.5) is 0 Å². The Labute approximate surface area is 69.1 Å². The first-order valence-corrected chi connectivity index (χ1v) is 4.66. The van der Waals surface area contributed by atoms with E-state index in [4.69, 9.17) is 9.66 Å². The molecule has 0 aromatic rings. The van der Waals surface area contributed by atoms with Crippen LogP contribution in [0.3, 0.4) is 0 Å². The zero-order valence-electron chi connectivity index (χ0n) is 6.52. The van der Waals surface area contributed by atoms with E-state index in [1.54, 1.807) is 0 Å². The Kier molecular flexibility index (Phi) is 6.74. The maximum Gasteiger partial charge on any atom is 0.304 e. The molecule has 0 heterocycles. The van der Waals surface area contributed by atoms with Gasteiger partial charge in [0.15, 0.2) is 6.29 Å². The fourth-order valence-electron chi connectivity index (χ4n) is 0.712. The molecular formula is C6H14O4S. The van der Waals surface area contributed by atoms with Gasteiger partial charge < -0.3 is 5.11 Å². The van der Waals surface area contributed by atoms with Gasteiger partial charge in [-0.15, -0.1) is 0 Å². The van der Waals surface area contributed by atoms with E-state index in [1.165, 1.54) is 0 Å². The van der Waals surface area contributed by atoms with E-state index < -0.39 is 17.7 Å². The SMILES string of the molecule is CCCCCC(O)OS(=O)O. The monoisotopic (exact) mass is 182 g/mol. The highest BCUT2D eigenvalue weighted by atomic mass is 32.2. The maximum atomic E-state index is 9.97. The Hall–Kier alpha value is 0.0300. The van der Waals surface area contributed by atoms with Gasteiger partial charge in [-0.3, -0.25) is 4.55 Å². The minimum Gasteiger partial charge on any atom is -0.367 e. The van der Waals surface area contributed by atoms with Crippen LogP contribution in [-0.2, 0) is 15.5 Å². The molecule has 68 valence electrons. The van der Waals surface area contributed by atoms with Crippen molar-refractivity contribution in [1.82, 2.24) is 0 Å². The van der Waals surface area contributed by atoms with Crippen molar-refractivity contribution in [2.45, 2.75) is 38.9 Å². The summed E-state index contributed by atoms with van der Waals surface area (Å²) in [5, 5.41) is 8.87. The van der Waals surface area contributed by atoms with Gasteiger partial charge in [0.25, 0.3) is 0 Å². The summed E-state index contributed by atoms with van der Waals surface area (Å²) in [6.45, 7) is 2.04. The summed E-state index contributed by atoms with van der Waals surface area (Å²) in [5.74, 6) is 0. The molecule has 2 unspecified atom stereocenters. The van der Waals surface area contributed by atoms with Gasteiger partial charge >= 0.3 is 11.4 Å². The molecule has 0 aliphatic heterocycles. The minimum atomic E-state index is -2.35. The Morgan fingerprint density at radius 1 is 1.55 bits per heavy atom. The van der Waals surface area contributed by atoms with E-state index >= 15 is 0 Å². The van der Waals surface area contributed by atoms with Crippen LogP contribution >= 0.6 is 0 Å². The molecule has 0 aromatic carbocycles. The largest absolute Gasteiger partial charge is 0.367 e. The minimum absolute atomic E-state index is 0.417. The normalized spacial score (nSPS) is 16.3. The molecule has 0 bridgehead atoms. The van der Waals surface area contributed by atoms with Crippen LogP contribution < -0.4 is 0 Å². The standard InChI is InChI=1S/C6H14O4S/c1-2-3-4-5-6(7)10-11(8)9/h6-7H,2-5H2,1H3,(H,8,9). The molecule has 0 aromatic heterocycles. The van der Waals surface area contributed by atoms with Crippen LogP contribution in [-0.4, -0.2) is 20.2 Å². The van der Waals surface area contributed by atoms with Gasteiger partial charge in [-0.1, -0.05) is 19.8 Å². The second-order valence-electron chi connectivity index (χ2n) is 2.26. The molecule has 0 spiro atoms. The summed E-state index contributed by atoms with van der Waals surface area (Å²) < 4.78 is 22.3.